The fourth-order valence-corrected chi connectivity index (χ4v) is 2.43. The van der Waals surface area contributed by atoms with Crippen LogP contribution in [0.2, 0.25) is 0 Å². The first-order valence-electron chi connectivity index (χ1n) is 8.21. The van der Waals surface area contributed by atoms with Gasteiger partial charge < -0.3 is 14.8 Å². The molecule has 9 heteroatoms. The van der Waals surface area contributed by atoms with Crippen molar-refractivity contribution in [1.82, 2.24) is 5.32 Å². The van der Waals surface area contributed by atoms with Gasteiger partial charge in [0, 0.05) is 17.3 Å². The number of thiocarbonyl (C=S) groups is 1. The Morgan fingerprint density at radius 1 is 1.11 bits per heavy atom. The molecule has 0 bridgehead atoms. The lowest BCUT2D eigenvalue weighted by Crippen LogP contribution is -2.34. The van der Waals surface area contributed by atoms with E-state index in [4.69, 9.17) is 21.7 Å². The molecule has 0 saturated carbocycles. The molecule has 142 valence electrons. The second-order valence-electron chi connectivity index (χ2n) is 5.24. The Balaban J connectivity index is 2.04. The van der Waals surface area contributed by atoms with Crippen LogP contribution in [0.1, 0.15) is 24.2 Å². The van der Waals surface area contributed by atoms with Gasteiger partial charge in [0.15, 0.2) is 10.9 Å². The second kappa shape index (κ2) is 9.48. The normalized spacial score (nSPS) is 10.0. The summed E-state index contributed by atoms with van der Waals surface area (Å²) in [6.07, 6.45) is 0. The number of nitro benzene ring substituents is 1. The number of ether oxygens (including phenoxy) is 2. The number of hydrogen-bond donors (Lipinski definition) is 2. The second-order valence-corrected chi connectivity index (χ2v) is 5.65. The summed E-state index contributed by atoms with van der Waals surface area (Å²) in [5.74, 6) is 0.262. The minimum absolute atomic E-state index is 0.0701. The van der Waals surface area contributed by atoms with Gasteiger partial charge in [-0.1, -0.05) is 0 Å². The smallest absolute Gasteiger partial charge is 0.311 e. The fraction of sp³-hybridized carbons (Fsp3) is 0.222. The Labute approximate surface area is 161 Å². The third-order valence-electron chi connectivity index (χ3n) is 3.37. The zero-order valence-electron chi connectivity index (χ0n) is 14.9. The van der Waals surface area contributed by atoms with E-state index in [1.807, 2.05) is 6.92 Å². The van der Waals surface area contributed by atoms with Crippen LogP contribution >= 0.6 is 12.2 Å². The van der Waals surface area contributed by atoms with Gasteiger partial charge >= 0.3 is 5.69 Å². The summed E-state index contributed by atoms with van der Waals surface area (Å²) in [6, 6.07) is 11.0. The van der Waals surface area contributed by atoms with Crippen molar-refractivity contribution < 1.29 is 19.2 Å². The minimum Gasteiger partial charge on any atom is -0.494 e. The standard InChI is InChI=1S/C18H19N3O5S/c1-3-25-14-8-6-13(7-9-14)19-18(27)20-17(22)12-5-10-16(26-4-2)15(11-12)21(23)24/h5-11H,3-4H2,1-2H3,(H2,19,20,22,27). The van der Waals surface area contributed by atoms with Crippen molar-refractivity contribution in [2.45, 2.75) is 13.8 Å². The molecule has 27 heavy (non-hydrogen) atoms. The molecule has 0 unspecified atom stereocenters. The van der Waals surface area contributed by atoms with E-state index < -0.39 is 10.8 Å². The molecule has 2 N–H and O–H groups in total. The van der Waals surface area contributed by atoms with E-state index in [0.717, 1.165) is 11.8 Å². The average molecular weight is 389 g/mol. The van der Waals surface area contributed by atoms with Gasteiger partial charge in [-0.2, -0.15) is 0 Å². The largest absolute Gasteiger partial charge is 0.494 e. The summed E-state index contributed by atoms with van der Waals surface area (Å²) >= 11 is 5.12. The molecule has 0 aliphatic rings. The Morgan fingerprint density at radius 3 is 2.37 bits per heavy atom. The lowest BCUT2D eigenvalue weighted by molar-refractivity contribution is -0.385. The molecule has 2 aromatic carbocycles. The summed E-state index contributed by atoms with van der Waals surface area (Å²) in [5.41, 5.74) is 0.484. The predicted molar refractivity (Wildman–Crippen MR) is 106 cm³/mol. The lowest BCUT2D eigenvalue weighted by Gasteiger charge is -2.11. The molecule has 0 heterocycles. The molecule has 0 aliphatic carbocycles. The SMILES string of the molecule is CCOc1ccc(NC(=S)NC(=O)c2ccc(OCC)c([N+](=O)[O-])c2)cc1. The zero-order valence-corrected chi connectivity index (χ0v) is 15.7. The number of anilines is 1. The van der Waals surface area contributed by atoms with E-state index >= 15 is 0 Å². The maximum Gasteiger partial charge on any atom is 0.311 e. The van der Waals surface area contributed by atoms with Crippen molar-refractivity contribution in [2.24, 2.45) is 0 Å². The maximum atomic E-state index is 12.3. The van der Waals surface area contributed by atoms with Gasteiger partial charge in [0.05, 0.1) is 18.1 Å². The first kappa shape index (κ1) is 20.1. The highest BCUT2D eigenvalue weighted by Crippen LogP contribution is 2.28. The molecule has 0 fully saturated rings. The first-order valence-corrected chi connectivity index (χ1v) is 8.61. The molecule has 0 saturated heterocycles. The monoisotopic (exact) mass is 389 g/mol. The van der Waals surface area contributed by atoms with Gasteiger partial charge in [-0.3, -0.25) is 20.2 Å². The Hall–Kier alpha value is -3.20. The fourth-order valence-electron chi connectivity index (χ4n) is 2.22. The number of carbonyl (C=O) groups is 1. The van der Waals surface area contributed by atoms with Crippen LogP contribution in [-0.2, 0) is 0 Å². The van der Waals surface area contributed by atoms with E-state index in [1.165, 1.54) is 12.1 Å². The number of benzene rings is 2. The summed E-state index contributed by atoms with van der Waals surface area (Å²) in [4.78, 5) is 22.9. The molecule has 2 aromatic rings. The Morgan fingerprint density at radius 2 is 1.78 bits per heavy atom. The van der Waals surface area contributed by atoms with Crippen molar-refractivity contribution in [3.63, 3.8) is 0 Å². The Bertz CT molecular complexity index is 839. The molecule has 0 atom stereocenters. The third-order valence-corrected chi connectivity index (χ3v) is 3.57. The van der Waals surface area contributed by atoms with Crippen molar-refractivity contribution in [2.75, 3.05) is 18.5 Å². The first-order chi connectivity index (χ1) is 12.9. The molecule has 2 rings (SSSR count). The molecular weight excluding hydrogens is 370 g/mol. The highest BCUT2D eigenvalue weighted by Gasteiger charge is 2.19. The van der Waals surface area contributed by atoms with Crippen molar-refractivity contribution in [3.05, 3.63) is 58.1 Å². The van der Waals surface area contributed by atoms with Gasteiger partial charge in [0.2, 0.25) is 0 Å². The highest BCUT2D eigenvalue weighted by atomic mass is 32.1. The molecule has 1 amide bonds. The number of carbonyl (C=O) groups excluding carboxylic acids is 1. The summed E-state index contributed by atoms with van der Waals surface area (Å²) < 4.78 is 10.5. The van der Waals surface area contributed by atoms with Gasteiger partial charge in [-0.25, -0.2) is 0 Å². The molecule has 8 nitrogen and oxygen atoms in total. The van der Waals surface area contributed by atoms with E-state index in [9.17, 15) is 14.9 Å². The molecule has 0 radical (unpaired) electrons. The van der Waals surface area contributed by atoms with Crippen molar-refractivity contribution in [3.8, 4) is 11.5 Å². The van der Waals surface area contributed by atoms with Gasteiger partial charge in [-0.15, -0.1) is 0 Å². The van der Waals surface area contributed by atoms with Crippen LogP contribution in [0.25, 0.3) is 0 Å². The number of amides is 1. The topological polar surface area (TPSA) is 103 Å². The summed E-state index contributed by atoms with van der Waals surface area (Å²) in [5, 5.41) is 16.6. The lowest BCUT2D eigenvalue weighted by atomic mass is 10.1. The van der Waals surface area contributed by atoms with E-state index in [-0.39, 0.29) is 28.7 Å². The van der Waals surface area contributed by atoms with Crippen LogP contribution in [0, 0.1) is 10.1 Å². The van der Waals surface area contributed by atoms with Crippen LogP contribution in [0.4, 0.5) is 11.4 Å². The van der Waals surface area contributed by atoms with Gasteiger partial charge in [0.1, 0.15) is 5.75 Å². The highest BCUT2D eigenvalue weighted by molar-refractivity contribution is 7.80. The number of rotatable bonds is 7. The molecule has 0 aromatic heterocycles. The van der Waals surface area contributed by atoms with Crippen LogP contribution in [0.5, 0.6) is 11.5 Å². The summed E-state index contributed by atoms with van der Waals surface area (Å²) in [6.45, 7) is 4.45. The number of nitro groups is 1. The molecule has 0 aliphatic heterocycles. The molecular formula is C18H19N3O5S. The molecule has 0 spiro atoms. The van der Waals surface area contributed by atoms with Crippen LogP contribution in [0.15, 0.2) is 42.5 Å². The van der Waals surface area contributed by atoms with Crippen LogP contribution in [0.3, 0.4) is 0 Å². The van der Waals surface area contributed by atoms with Crippen molar-refractivity contribution >= 4 is 34.6 Å². The number of hydrogen-bond acceptors (Lipinski definition) is 6. The summed E-state index contributed by atoms with van der Waals surface area (Å²) in [7, 11) is 0. The van der Waals surface area contributed by atoms with Crippen LogP contribution < -0.4 is 20.1 Å². The predicted octanol–water partition coefficient (Wildman–Crippen LogP) is 3.52. The van der Waals surface area contributed by atoms with Gasteiger partial charge in [-0.05, 0) is 62.5 Å². The van der Waals surface area contributed by atoms with E-state index in [1.54, 1.807) is 31.2 Å². The maximum absolute atomic E-state index is 12.3. The van der Waals surface area contributed by atoms with E-state index in [0.29, 0.717) is 12.3 Å². The number of nitrogens with zero attached hydrogens (tertiary/aromatic N) is 1. The van der Waals surface area contributed by atoms with Gasteiger partial charge in [0.25, 0.3) is 5.91 Å². The number of nitrogens with one attached hydrogen (secondary N) is 2. The van der Waals surface area contributed by atoms with Crippen LogP contribution in [-0.4, -0.2) is 29.2 Å². The third kappa shape index (κ3) is 5.65. The minimum atomic E-state index is -0.599. The average Bonchev–Trinajstić information content (AvgIpc) is 2.63. The van der Waals surface area contributed by atoms with E-state index in [2.05, 4.69) is 10.6 Å². The van der Waals surface area contributed by atoms with Crippen molar-refractivity contribution in [1.29, 1.82) is 0 Å². The Kier molecular flexibility index (Phi) is 7.07. The zero-order chi connectivity index (χ0) is 19.8. The quantitative estimate of drug-likeness (QED) is 0.424.